The highest BCUT2D eigenvalue weighted by Crippen LogP contribution is 2.32. The number of amides is 1. The minimum atomic E-state index is -0.150. The third-order valence-corrected chi connectivity index (χ3v) is 5.49. The van der Waals surface area contributed by atoms with Crippen LogP contribution in [0, 0.1) is 13.8 Å². The first kappa shape index (κ1) is 19.1. The lowest BCUT2D eigenvalue weighted by Gasteiger charge is -2.18. The van der Waals surface area contributed by atoms with Gasteiger partial charge in [0.05, 0.1) is 17.6 Å². The van der Waals surface area contributed by atoms with E-state index in [1.807, 2.05) is 41.4 Å². The number of nitrogens with zero attached hydrogens (tertiary/aromatic N) is 3. The monoisotopic (exact) mass is 406 g/mol. The summed E-state index contributed by atoms with van der Waals surface area (Å²) >= 11 is 1.54. The quantitative estimate of drug-likeness (QED) is 0.666. The number of ether oxygens (including phenoxy) is 1. The molecule has 3 aromatic rings. The van der Waals surface area contributed by atoms with Crippen molar-refractivity contribution >= 4 is 29.1 Å². The molecule has 0 aliphatic carbocycles. The molecule has 2 heterocycles. The molecule has 0 saturated carbocycles. The van der Waals surface area contributed by atoms with Gasteiger partial charge >= 0.3 is 0 Å². The van der Waals surface area contributed by atoms with Crippen LogP contribution in [0.15, 0.2) is 51.9 Å². The van der Waals surface area contributed by atoms with Gasteiger partial charge in [0.1, 0.15) is 5.75 Å². The molecule has 1 aliphatic rings. The lowest BCUT2D eigenvalue weighted by molar-refractivity contribution is -0.118. The van der Waals surface area contributed by atoms with Crippen molar-refractivity contribution in [3.05, 3.63) is 63.3 Å². The van der Waals surface area contributed by atoms with Crippen LogP contribution in [-0.2, 0) is 4.79 Å². The summed E-state index contributed by atoms with van der Waals surface area (Å²) < 4.78 is 7.32. The Hall–Kier alpha value is -3.19. The summed E-state index contributed by atoms with van der Waals surface area (Å²) in [5, 5.41) is 9.64. The van der Waals surface area contributed by atoms with Crippen molar-refractivity contribution in [1.29, 1.82) is 0 Å². The average Bonchev–Trinajstić information content (AvgIpc) is 3.11. The lowest BCUT2D eigenvalue weighted by atomic mass is 10.1. The number of aryl methyl sites for hydroxylation is 2. The number of carbonyl (C=O) groups is 1. The summed E-state index contributed by atoms with van der Waals surface area (Å²) in [6.07, 6.45) is 1.87. The SMILES string of the molecule is CCN=c1scc(-c2ccc3c(c2)NC(=O)CO3)n1N=Cc1cc(C)ccc1C. The van der Waals surface area contributed by atoms with Crippen LogP contribution < -0.4 is 14.9 Å². The fourth-order valence-electron chi connectivity index (χ4n) is 3.11. The molecule has 1 N–H and O–H groups in total. The number of anilines is 1. The largest absolute Gasteiger partial charge is 0.482 e. The summed E-state index contributed by atoms with van der Waals surface area (Å²) in [4.78, 5) is 17.1. The van der Waals surface area contributed by atoms with E-state index in [9.17, 15) is 4.79 Å². The van der Waals surface area contributed by atoms with E-state index >= 15 is 0 Å². The van der Waals surface area contributed by atoms with Crippen LogP contribution in [0.25, 0.3) is 11.3 Å². The Labute approximate surface area is 173 Å². The maximum Gasteiger partial charge on any atom is 0.262 e. The molecule has 148 valence electrons. The number of aromatic nitrogens is 1. The summed E-state index contributed by atoms with van der Waals surface area (Å²) in [7, 11) is 0. The van der Waals surface area contributed by atoms with E-state index in [0.717, 1.165) is 21.6 Å². The molecule has 1 amide bonds. The minimum absolute atomic E-state index is 0.0461. The van der Waals surface area contributed by atoms with Crippen LogP contribution >= 0.6 is 11.3 Å². The number of benzene rings is 2. The molecule has 0 spiro atoms. The fraction of sp³-hybridized carbons (Fsp3) is 0.227. The molecular weight excluding hydrogens is 384 g/mol. The van der Waals surface area contributed by atoms with Gasteiger partial charge in [-0.25, -0.2) is 4.68 Å². The second-order valence-electron chi connectivity index (χ2n) is 6.84. The Morgan fingerprint density at radius 2 is 2.10 bits per heavy atom. The number of carbonyl (C=O) groups excluding carboxylic acids is 1. The van der Waals surface area contributed by atoms with E-state index in [1.165, 1.54) is 22.5 Å². The minimum Gasteiger partial charge on any atom is -0.482 e. The highest BCUT2D eigenvalue weighted by Gasteiger charge is 2.17. The van der Waals surface area contributed by atoms with E-state index in [4.69, 9.17) is 9.84 Å². The molecule has 0 fully saturated rings. The van der Waals surface area contributed by atoms with Crippen LogP contribution in [0.5, 0.6) is 5.75 Å². The van der Waals surface area contributed by atoms with E-state index in [2.05, 4.69) is 42.4 Å². The van der Waals surface area contributed by atoms with E-state index in [1.54, 1.807) is 0 Å². The first-order valence-electron chi connectivity index (χ1n) is 9.45. The predicted octanol–water partition coefficient (Wildman–Crippen LogP) is 3.97. The van der Waals surface area contributed by atoms with Crippen LogP contribution in [0.1, 0.15) is 23.6 Å². The molecule has 0 unspecified atom stereocenters. The van der Waals surface area contributed by atoms with Crippen LogP contribution in [0.3, 0.4) is 0 Å². The van der Waals surface area contributed by atoms with Gasteiger partial charge in [0.15, 0.2) is 6.61 Å². The average molecular weight is 407 g/mol. The maximum atomic E-state index is 11.7. The number of hydrogen-bond donors (Lipinski definition) is 1. The molecule has 0 atom stereocenters. The summed E-state index contributed by atoms with van der Waals surface area (Å²) in [5.41, 5.74) is 5.94. The zero-order valence-corrected chi connectivity index (χ0v) is 17.4. The van der Waals surface area contributed by atoms with Gasteiger partial charge in [-0.2, -0.15) is 5.10 Å². The highest BCUT2D eigenvalue weighted by atomic mass is 32.1. The molecule has 0 radical (unpaired) electrons. The Bertz CT molecular complexity index is 1170. The van der Waals surface area contributed by atoms with Crippen molar-refractivity contribution in [2.75, 3.05) is 18.5 Å². The van der Waals surface area contributed by atoms with E-state index < -0.39 is 0 Å². The zero-order chi connectivity index (χ0) is 20.4. The first-order valence-corrected chi connectivity index (χ1v) is 10.3. The van der Waals surface area contributed by atoms with Gasteiger partial charge in [0.25, 0.3) is 5.91 Å². The molecule has 2 aromatic carbocycles. The smallest absolute Gasteiger partial charge is 0.262 e. The topological polar surface area (TPSA) is 68.0 Å². The lowest BCUT2D eigenvalue weighted by Crippen LogP contribution is -2.25. The van der Waals surface area contributed by atoms with E-state index in [0.29, 0.717) is 18.0 Å². The van der Waals surface area contributed by atoms with Gasteiger partial charge < -0.3 is 10.1 Å². The van der Waals surface area contributed by atoms with E-state index in [-0.39, 0.29) is 12.5 Å². The molecular formula is C22H22N4O2S. The van der Waals surface area contributed by atoms with Crippen molar-refractivity contribution < 1.29 is 9.53 Å². The summed E-state index contributed by atoms with van der Waals surface area (Å²) in [5.74, 6) is 0.523. The summed E-state index contributed by atoms with van der Waals surface area (Å²) in [6, 6.07) is 12.1. The number of thiazole rings is 1. The van der Waals surface area contributed by atoms with Crippen LogP contribution in [-0.4, -0.2) is 29.9 Å². The number of nitrogens with one attached hydrogen (secondary N) is 1. The Morgan fingerprint density at radius 3 is 2.93 bits per heavy atom. The van der Waals surface area contributed by atoms with Gasteiger partial charge in [0.2, 0.25) is 4.80 Å². The third-order valence-electron chi connectivity index (χ3n) is 4.63. The molecule has 1 aliphatic heterocycles. The Balaban J connectivity index is 1.79. The van der Waals surface area contributed by atoms with Crippen molar-refractivity contribution in [2.45, 2.75) is 20.8 Å². The summed E-state index contributed by atoms with van der Waals surface area (Å²) in [6.45, 7) is 6.87. The first-order chi connectivity index (χ1) is 14.0. The Kier molecular flexibility index (Phi) is 5.31. The molecule has 0 bridgehead atoms. The number of rotatable bonds is 4. The van der Waals surface area contributed by atoms with Gasteiger partial charge in [-0.05, 0) is 50.1 Å². The molecule has 4 rings (SSSR count). The molecule has 29 heavy (non-hydrogen) atoms. The van der Waals surface area contributed by atoms with Gasteiger partial charge in [0, 0.05) is 17.5 Å². The zero-order valence-electron chi connectivity index (χ0n) is 16.6. The normalized spacial score (nSPS) is 14.0. The van der Waals surface area contributed by atoms with Gasteiger partial charge in [-0.15, -0.1) is 11.3 Å². The molecule has 0 saturated heterocycles. The fourth-order valence-corrected chi connectivity index (χ4v) is 4.02. The second kappa shape index (κ2) is 8.05. The maximum absolute atomic E-state index is 11.7. The predicted molar refractivity (Wildman–Crippen MR) is 117 cm³/mol. The van der Waals surface area contributed by atoms with Crippen molar-refractivity contribution in [2.24, 2.45) is 10.1 Å². The van der Waals surface area contributed by atoms with Crippen molar-refractivity contribution in [1.82, 2.24) is 4.68 Å². The van der Waals surface area contributed by atoms with Crippen LogP contribution in [0.2, 0.25) is 0 Å². The van der Waals surface area contributed by atoms with Gasteiger partial charge in [-0.3, -0.25) is 9.79 Å². The standard InChI is InChI=1S/C22H22N4O2S/c1-4-23-22-26(24-11-17-9-14(2)5-6-15(17)3)19(13-29-22)16-7-8-20-18(10-16)25-21(27)12-28-20/h5-11,13H,4,12H2,1-3H3,(H,25,27). The molecule has 1 aromatic heterocycles. The number of fused-ring (bicyclic) bond motifs is 1. The van der Waals surface area contributed by atoms with Gasteiger partial charge in [-0.1, -0.05) is 23.8 Å². The molecule has 7 heteroatoms. The van der Waals surface area contributed by atoms with Crippen molar-refractivity contribution in [3.63, 3.8) is 0 Å². The highest BCUT2D eigenvalue weighted by molar-refractivity contribution is 7.07. The third kappa shape index (κ3) is 4.00. The van der Waals surface area contributed by atoms with Crippen LogP contribution in [0.4, 0.5) is 5.69 Å². The number of hydrogen-bond acceptors (Lipinski definition) is 5. The van der Waals surface area contributed by atoms with Crippen molar-refractivity contribution in [3.8, 4) is 17.0 Å². The Morgan fingerprint density at radius 1 is 1.24 bits per heavy atom. The second-order valence-corrected chi connectivity index (χ2v) is 7.68. The molecule has 6 nitrogen and oxygen atoms in total.